The molecule has 0 bridgehead atoms. The van der Waals surface area contributed by atoms with Crippen LogP contribution < -0.4 is 5.32 Å². The lowest BCUT2D eigenvalue weighted by atomic mass is 9.78. The largest absolute Gasteiger partial charge is 0.465 e. The Morgan fingerprint density at radius 3 is 2.40 bits per heavy atom. The lowest BCUT2D eigenvalue weighted by Crippen LogP contribution is -2.39. The first-order valence-electron chi connectivity index (χ1n) is 9.73. The Labute approximate surface area is 180 Å². The number of hydrogen-bond donors (Lipinski definition) is 1. The molecule has 0 fully saturated rings. The molecule has 0 radical (unpaired) electrons. The number of carbonyl (C=O) groups is 2. The standard InChI is InChI=1S/C23H24ClNO5/c1-5-28-22(26)19-13(3)25-14(4)20(23(27)29-6-2)21(19)18-12-11-17(30-18)15-7-9-16(24)10-8-15/h7-12,19,21,25H,3,5-6H2,1-2,4H3. The second kappa shape index (κ2) is 9.22. The van der Waals surface area contributed by atoms with Crippen molar-refractivity contribution in [1.29, 1.82) is 0 Å². The molecule has 0 saturated carbocycles. The fraction of sp³-hybridized carbons (Fsp3) is 0.304. The number of nitrogens with one attached hydrogen (secondary N) is 1. The van der Waals surface area contributed by atoms with Gasteiger partial charge >= 0.3 is 11.9 Å². The van der Waals surface area contributed by atoms with Gasteiger partial charge in [-0.05, 0) is 57.2 Å². The normalized spacial score (nSPS) is 18.7. The van der Waals surface area contributed by atoms with E-state index < -0.39 is 23.8 Å². The summed E-state index contributed by atoms with van der Waals surface area (Å²) in [5, 5.41) is 3.65. The van der Waals surface area contributed by atoms with Gasteiger partial charge in [0.05, 0.1) is 24.7 Å². The Kier molecular flexibility index (Phi) is 6.67. The Balaban J connectivity index is 2.10. The molecule has 1 aliphatic rings. The summed E-state index contributed by atoms with van der Waals surface area (Å²) in [5.41, 5.74) is 2.14. The molecule has 1 aromatic carbocycles. The third kappa shape index (κ3) is 4.28. The molecule has 2 unspecified atom stereocenters. The molecule has 158 valence electrons. The quantitative estimate of drug-likeness (QED) is 0.663. The van der Waals surface area contributed by atoms with Gasteiger partial charge in [0, 0.05) is 22.0 Å². The minimum absolute atomic E-state index is 0.209. The molecule has 0 aliphatic carbocycles. The van der Waals surface area contributed by atoms with E-state index in [0.29, 0.717) is 33.5 Å². The highest BCUT2D eigenvalue weighted by Gasteiger charge is 2.44. The number of rotatable bonds is 6. The molecule has 3 rings (SSSR count). The number of esters is 2. The lowest BCUT2D eigenvalue weighted by Gasteiger charge is -2.33. The average Bonchev–Trinajstić information content (AvgIpc) is 3.18. The molecule has 1 N–H and O–H groups in total. The molecular formula is C23H24ClNO5. The maximum absolute atomic E-state index is 12.8. The third-order valence-corrected chi connectivity index (χ3v) is 5.12. The Bertz CT molecular complexity index is 989. The summed E-state index contributed by atoms with van der Waals surface area (Å²) in [4.78, 5) is 25.6. The first kappa shape index (κ1) is 21.7. The first-order chi connectivity index (χ1) is 14.4. The van der Waals surface area contributed by atoms with Crippen LogP contribution in [0.4, 0.5) is 0 Å². The number of benzene rings is 1. The zero-order chi connectivity index (χ0) is 21.8. The van der Waals surface area contributed by atoms with E-state index in [9.17, 15) is 9.59 Å². The molecule has 7 heteroatoms. The van der Waals surface area contributed by atoms with E-state index in [0.717, 1.165) is 5.56 Å². The maximum Gasteiger partial charge on any atom is 0.336 e. The molecule has 1 aromatic heterocycles. The van der Waals surface area contributed by atoms with E-state index >= 15 is 0 Å². The van der Waals surface area contributed by atoms with Crippen LogP contribution in [0, 0.1) is 5.92 Å². The number of hydrogen-bond acceptors (Lipinski definition) is 6. The predicted octanol–water partition coefficient (Wildman–Crippen LogP) is 4.82. The van der Waals surface area contributed by atoms with E-state index in [1.165, 1.54) is 0 Å². The highest BCUT2D eigenvalue weighted by atomic mass is 35.5. The van der Waals surface area contributed by atoms with Crippen molar-refractivity contribution in [3.05, 3.63) is 70.7 Å². The summed E-state index contributed by atoms with van der Waals surface area (Å²) < 4.78 is 16.6. The number of ether oxygens (including phenoxy) is 2. The predicted molar refractivity (Wildman–Crippen MR) is 114 cm³/mol. The van der Waals surface area contributed by atoms with Crippen LogP contribution in [0.5, 0.6) is 0 Å². The molecule has 2 aromatic rings. The Morgan fingerprint density at radius 2 is 1.77 bits per heavy atom. The molecule has 2 atom stereocenters. The zero-order valence-electron chi connectivity index (χ0n) is 17.2. The summed E-state index contributed by atoms with van der Waals surface area (Å²) in [6, 6.07) is 10.8. The van der Waals surface area contributed by atoms with E-state index in [2.05, 4.69) is 11.9 Å². The molecule has 30 heavy (non-hydrogen) atoms. The van der Waals surface area contributed by atoms with Crippen LogP contribution in [0.1, 0.15) is 32.4 Å². The van der Waals surface area contributed by atoms with Gasteiger partial charge < -0.3 is 19.2 Å². The van der Waals surface area contributed by atoms with Crippen LogP contribution in [0.2, 0.25) is 5.02 Å². The van der Waals surface area contributed by atoms with Crippen molar-refractivity contribution in [2.75, 3.05) is 13.2 Å². The second-order valence-corrected chi connectivity index (χ2v) is 7.26. The van der Waals surface area contributed by atoms with Crippen LogP contribution in [0.3, 0.4) is 0 Å². The monoisotopic (exact) mass is 429 g/mol. The molecule has 6 nitrogen and oxygen atoms in total. The zero-order valence-corrected chi connectivity index (χ0v) is 17.9. The summed E-state index contributed by atoms with van der Waals surface area (Å²) in [6.45, 7) is 9.60. The minimum Gasteiger partial charge on any atom is -0.465 e. The molecule has 0 spiro atoms. The number of halogens is 1. The molecular weight excluding hydrogens is 406 g/mol. The number of furan rings is 1. The van der Waals surface area contributed by atoms with Gasteiger partial charge in [0.1, 0.15) is 17.4 Å². The maximum atomic E-state index is 12.8. The third-order valence-electron chi connectivity index (χ3n) is 4.87. The van der Waals surface area contributed by atoms with Crippen LogP contribution in [-0.4, -0.2) is 25.2 Å². The fourth-order valence-corrected chi connectivity index (χ4v) is 3.71. The van der Waals surface area contributed by atoms with Crippen LogP contribution in [0.25, 0.3) is 11.3 Å². The SMILES string of the molecule is C=C1NC(C)=C(C(=O)OCC)C(c2ccc(-c3ccc(Cl)cc3)o2)C1C(=O)OCC. The minimum atomic E-state index is -0.836. The van der Waals surface area contributed by atoms with E-state index in [1.54, 1.807) is 45.0 Å². The van der Waals surface area contributed by atoms with Crippen LogP contribution >= 0.6 is 11.6 Å². The molecule has 0 saturated heterocycles. The smallest absolute Gasteiger partial charge is 0.336 e. The van der Waals surface area contributed by atoms with Crippen molar-refractivity contribution in [3.63, 3.8) is 0 Å². The number of carbonyl (C=O) groups excluding carboxylic acids is 2. The lowest BCUT2D eigenvalue weighted by molar-refractivity contribution is -0.148. The van der Waals surface area contributed by atoms with E-state index in [4.69, 9.17) is 25.5 Å². The van der Waals surface area contributed by atoms with Crippen LogP contribution in [-0.2, 0) is 19.1 Å². The highest BCUT2D eigenvalue weighted by molar-refractivity contribution is 6.30. The number of allylic oxidation sites excluding steroid dienone is 1. The summed E-state index contributed by atoms with van der Waals surface area (Å²) >= 11 is 5.97. The second-order valence-electron chi connectivity index (χ2n) is 6.83. The van der Waals surface area contributed by atoms with Gasteiger partial charge in [-0.1, -0.05) is 18.2 Å². The first-order valence-corrected chi connectivity index (χ1v) is 10.1. The summed E-state index contributed by atoms with van der Waals surface area (Å²) in [7, 11) is 0. The average molecular weight is 430 g/mol. The van der Waals surface area contributed by atoms with Crippen molar-refractivity contribution in [2.24, 2.45) is 5.92 Å². The summed E-state index contributed by atoms with van der Waals surface area (Å²) in [6.07, 6.45) is 0. The van der Waals surface area contributed by atoms with Gasteiger partial charge in [-0.3, -0.25) is 4.79 Å². The molecule has 0 amide bonds. The van der Waals surface area contributed by atoms with Crippen molar-refractivity contribution in [1.82, 2.24) is 5.32 Å². The van der Waals surface area contributed by atoms with Gasteiger partial charge in [-0.25, -0.2) is 4.79 Å². The summed E-state index contributed by atoms with van der Waals surface area (Å²) in [5.74, 6) is -1.52. The molecule has 1 aliphatic heterocycles. The van der Waals surface area contributed by atoms with Gasteiger partial charge in [-0.15, -0.1) is 0 Å². The van der Waals surface area contributed by atoms with E-state index in [-0.39, 0.29) is 13.2 Å². The van der Waals surface area contributed by atoms with Crippen molar-refractivity contribution in [2.45, 2.75) is 26.7 Å². The van der Waals surface area contributed by atoms with Crippen LogP contribution in [0.15, 0.2) is 64.4 Å². The van der Waals surface area contributed by atoms with Gasteiger partial charge in [-0.2, -0.15) is 0 Å². The van der Waals surface area contributed by atoms with Gasteiger partial charge in [0.2, 0.25) is 0 Å². The van der Waals surface area contributed by atoms with Gasteiger partial charge in [0.15, 0.2) is 0 Å². The Morgan fingerprint density at radius 1 is 1.10 bits per heavy atom. The fourth-order valence-electron chi connectivity index (χ4n) is 3.58. The van der Waals surface area contributed by atoms with Crippen molar-refractivity contribution in [3.8, 4) is 11.3 Å². The molecule has 2 heterocycles. The van der Waals surface area contributed by atoms with E-state index in [1.807, 2.05) is 12.1 Å². The van der Waals surface area contributed by atoms with Gasteiger partial charge in [0.25, 0.3) is 0 Å². The topological polar surface area (TPSA) is 77.8 Å². The van der Waals surface area contributed by atoms with Crippen molar-refractivity contribution < 1.29 is 23.5 Å². The van der Waals surface area contributed by atoms with Crippen molar-refractivity contribution >= 4 is 23.5 Å². The Hall–Kier alpha value is -2.99. The highest BCUT2D eigenvalue weighted by Crippen LogP contribution is 2.43.